The molecule has 0 unspecified atom stereocenters. The first-order chi connectivity index (χ1) is 8.58. The van der Waals surface area contributed by atoms with Crippen LogP contribution >= 0.6 is 22.9 Å². The summed E-state index contributed by atoms with van der Waals surface area (Å²) in [6.07, 6.45) is 0. The first kappa shape index (κ1) is 13.5. The second-order valence-electron chi connectivity index (χ2n) is 4.68. The van der Waals surface area contributed by atoms with Crippen molar-refractivity contribution >= 4 is 22.9 Å². The second-order valence-corrected chi connectivity index (χ2v) is 6.49. The second kappa shape index (κ2) is 5.81. The largest absolute Gasteiger partial charge is 0.308 e. The normalized spacial score (nSPS) is 11.7. The first-order valence-electron chi connectivity index (χ1n) is 5.96. The van der Waals surface area contributed by atoms with Crippen molar-refractivity contribution in [3.05, 3.63) is 10.7 Å². The Morgan fingerprint density at radius 1 is 1.11 bits per heavy atom. The number of hydrogen-bond acceptors (Lipinski definition) is 7. The van der Waals surface area contributed by atoms with E-state index in [4.69, 9.17) is 0 Å². The molecule has 0 amide bonds. The van der Waals surface area contributed by atoms with Crippen LogP contribution in [0.25, 0.3) is 9.88 Å². The van der Waals surface area contributed by atoms with Gasteiger partial charge in [-0.2, -0.15) is 0 Å². The molecule has 2 aromatic rings. The van der Waals surface area contributed by atoms with Crippen molar-refractivity contribution in [1.82, 2.24) is 25.1 Å². The summed E-state index contributed by atoms with van der Waals surface area (Å²) < 4.78 is 4.02. The highest BCUT2D eigenvalue weighted by Crippen LogP contribution is 2.32. The maximum atomic E-state index is 4.24. The Hall–Kier alpha value is -0.920. The van der Waals surface area contributed by atoms with Crippen molar-refractivity contribution in [2.24, 2.45) is 0 Å². The summed E-state index contributed by atoms with van der Waals surface area (Å²) in [6.45, 7) is 9.22. The third-order valence-electron chi connectivity index (χ3n) is 2.38. The molecule has 0 aromatic carbocycles. The Kier molecular flexibility index (Phi) is 4.36. The quantitative estimate of drug-likeness (QED) is 0.914. The van der Waals surface area contributed by atoms with Gasteiger partial charge in [0, 0.05) is 12.6 Å². The van der Waals surface area contributed by atoms with Crippen LogP contribution in [0, 0.1) is 0 Å². The third kappa shape index (κ3) is 3.09. The molecule has 0 atom stereocenters. The molecule has 2 aromatic heterocycles. The molecule has 0 saturated carbocycles. The molecule has 5 nitrogen and oxygen atoms in total. The van der Waals surface area contributed by atoms with E-state index in [2.05, 4.69) is 52.8 Å². The zero-order valence-corrected chi connectivity index (χ0v) is 12.6. The molecule has 7 heteroatoms. The number of nitrogens with zero attached hydrogens (tertiary/aromatic N) is 4. The van der Waals surface area contributed by atoms with Crippen molar-refractivity contribution in [2.75, 3.05) is 0 Å². The van der Waals surface area contributed by atoms with Crippen molar-refractivity contribution in [3.8, 4) is 9.88 Å². The maximum absolute atomic E-state index is 4.24. The molecule has 0 bridgehead atoms. The zero-order chi connectivity index (χ0) is 13.1. The van der Waals surface area contributed by atoms with Crippen LogP contribution in [0.2, 0.25) is 0 Å². The Morgan fingerprint density at radius 2 is 1.89 bits per heavy atom. The van der Waals surface area contributed by atoms with Gasteiger partial charge in [0.2, 0.25) is 0 Å². The van der Waals surface area contributed by atoms with Gasteiger partial charge in [-0.15, -0.1) is 15.3 Å². The Labute approximate surface area is 115 Å². The molecule has 2 rings (SSSR count). The van der Waals surface area contributed by atoms with Crippen LogP contribution in [0.4, 0.5) is 0 Å². The van der Waals surface area contributed by atoms with Crippen LogP contribution in [-0.4, -0.2) is 25.8 Å². The number of rotatable bonds is 5. The van der Waals surface area contributed by atoms with E-state index in [9.17, 15) is 0 Å². The van der Waals surface area contributed by atoms with Crippen LogP contribution in [-0.2, 0) is 6.54 Å². The van der Waals surface area contributed by atoms with Crippen LogP contribution in [0.3, 0.4) is 0 Å². The minimum Gasteiger partial charge on any atom is -0.308 e. The Morgan fingerprint density at radius 3 is 2.56 bits per heavy atom. The minimum atomic E-state index is 0.361. The monoisotopic (exact) mass is 283 g/mol. The summed E-state index contributed by atoms with van der Waals surface area (Å²) >= 11 is 3.00. The highest BCUT2D eigenvalue weighted by molar-refractivity contribution is 7.19. The van der Waals surface area contributed by atoms with E-state index in [1.54, 1.807) is 11.3 Å². The lowest BCUT2D eigenvalue weighted by atomic mass is 10.1. The lowest BCUT2D eigenvalue weighted by molar-refractivity contribution is 0.585. The van der Waals surface area contributed by atoms with Crippen LogP contribution in [0.5, 0.6) is 0 Å². The first-order valence-corrected chi connectivity index (χ1v) is 7.55. The van der Waals surface area contributed by atoms with E-state index in [1.165, 1.54) is 11.5 Å². The van der Waals surface area contributed by atoms with Crippen molar-refractivity contribution in [1.29, 1.82) is 0 Å². The smallest absolute Gasteiger partial charge is 0.161 e. The van der Waals surface area contributed by atoms with Gasteiger partial charge < -0.3 is 5.32 Å². The van der Waals surface area contributed by atoms with Gasteiger partial charge >= 0.3 is 0 Å². The summed E-state index contributed by atoms with van der Waals surface area (Å²) in [7, 11) is 0. The minimum absolute atomic E-state index is 0.361. The predicted molar refractivity (Wildman–Crippen MR) is 74.9 cm³/mol. The van der Waals surface area contributed by atoms with E-state index >= 15 is 0 Å². The number of nitrogens with one attached hydrogen (secondary N) is 1. The van der Waals surface area contributed by atoms with Gasteiger partial charge in [-0.1, -0.05) is 43.5 Å². The lowest BCUT2D eigenvalue weighted by Crippen LogP contribution is -2.21. The fourth-order valence-corrected chi connectivity index (χ4v) is 3.11. The molecule has 2 heterocycles. The predicted octanol–water partition coefficient (Wildman–Crippen LogP) is 2.68. The van der Waals surface area contributed by atoms with E-state index in [-0.39, 0.29) is 0 Å². The lowest BCUT2D eigenvalue weighted by Gasteiger charge is -2.03. The van der Waals surface area contributed by atoms with Crippen LogP contribution < -0.4 is 5.32 Å². The summed E-state index contributed by atoms with van der Waals surface area (Å²) in [5, 5.41) is 17.9. The average Bonchev–Trinajstić information content (AvgIpc) is 2.94. The molecule has 0 spiro atoms. The Bertz CT molecular complexity index is 503. The standard InChI is InChI=1S/C11H17N5S2/c1-6(2)9-10(18-16-14-9)11-15-13-8(17-11)5-12-7(3)4/h6-7,12H,5H2,1-4H3. The summed E-state index contributed by atoms with van der Waals surface area (Å²) in [6, 6.07) is 0.452. The molecule has 0 radical (unpaired) electrons. The van der Waals surface area contributed by atoms with E-state index in [0.717, 1.165) is 27.1 Å². The molecule has 98 valence electrons. The molecule has 1 N–H and O–H groups in total. The highest BCUT2D eigenvalue weighted by atomic mass is 32.1. The number of aromatic nitrogens is 4. The summed E-state index contributed by atoms with van der Waals surface area (Å²) in [5.41, 5.74) is 1.01. The summed E-state index contributed by atoms with van der Waals surface area (Å²) in [5.74, 6) is 0.361. The van der Waals surface area contributed by atoms with Gasteiger partial charge in [0.05, 0.1) is 5.69 Å². The molecule has 18 heavy (non-hydrogen) atoms. The topological polar surface area (TPSA) is 63.6 Å². The van der Waals surface area contributed by atoms with Gasteiger partial charge in [-0.05, 0) is 17.5 Å². The van der Waals surface area contributed by atoms with E-state index < -0.39 is 0 Å². The van der Waals surface area contributed by atoms with Gasteiger partial charge in [-0.25, -0.2) is 0 Å². The van der Waals surface area contributed by atoms with Gasteiger partial charge in [-0.3, -0.25) is 0 Å². The van der Waals surface area contributed by atoms with Gasteiger partial charge in [0.1, 0.15) is 9.88 Å². The molecule has 0 aliphatic carbocycles. The molecular formula is C11H17N5S2. The fraction of sp³-hybridized carbons (Fsp3) is 0.636. The Balaban J connectivity index is 2.16. The highest BCUT2D eigenvalue weighted by Gasteiger charge is 2.17. The molecular weight excluding hydrogens is 266 g/mol. The molecule has 0 aliphatic rings. The molecule has 0 fully saturated rings. The maximum Gasteiger partial charge on any atom is 0.161 e. The zero-order valence-electron chi connectivity index (χ0n) is 11.0. The summed E-state index contributed by atoms with van der Waals surface area (Å²) in [4.78, 5) is 1.05. The fourth-order valence-electron chi connectivity index (χ4n) is 1.43. The van der Waals surface area contributed by atoms with Crippen molar-refractivity contribution in [3.63, 3.8) is 0 Å². The third-order valence-corrected chi connectivity index (χ3v) is 4.20. The van der Waals surface area contributed by atoms with E-state index in [0.29, 0.717) is 12.0 Å². The van der Waals surface area contributed by atoms with Crippen molar-refractivity contribution in [2.45, 2.75) is 46.2 Å². The van der Waals surface area contributed by atoms with Gasteiger partial charge in [0.25, 0.3) is 0 Å². The van der Waals surface area contributed by atoms with Gasteiger partial charge in [0.15, 0.2) is 5.01 Å². The van der Waals surface area contributed by atoms with E-state index in [1.807, 2.05) is 0 Å². The molecule has 0 aliphatic heterocycles. The number of hydrogen-bond donors (Lipinski definition) is 1. The molecule has 0 saturated heterocycles. The van der Waals surface area contributed by atoms with Crippen LogP contribution in [0.15, 0.2) is 0 Å². The van der Waals surface area contributed by atoms with Crippen molar-refractivity contribution < 1.29 is 0 Å². The SMILES string of the molecule is CC(C)NCc1nnc(-c2snnc2C(C)C)s1. The average molecular weight is 283 g/mol. The van der Waals surface area contributed by atoms with Crippen LogP contribution in [0.1, 0.15) is 44.3 Å².